The Bertz CT molecular complexity index is 810. The smallest absolute Gasteiger partial charge is 0.244 e. The molecule has 23 heavy (non-hydrogen) atoms. The molecule has 1 aromatic heterocycles. The second kappa shape index (κ2) is 6.72. The Morgan fingerprint density at radius 3 is 2.48 bits per heavy atom. The number of hydrogen-bond donors (Lipinski definition) is 0. The van der Waals surface area contributed by atoms with Crippen LogP contribution in [0.4, 0.5) is 5.82 Å². The molecule has 1 aromatic carbocycles. The molecule has 1 aliphatic rings. The van der Waals surface area contributed by atoms with Crippen LogP contribution in [0, 0.1) is 0 Å². The lowest BCUT2D eigenvalue weighted by Gasteiger charge is -2.35. The maximum atomic E-state index is 12.7. The van der Waals surface area contributed by atoms with Crippen LogP contribution in [0.25, 0.3) is 0 Å². The van der Waals surface area contributed by atoms with E-state index in [1.54, 1.807) is 24.3 Å². The summed E-state index contributed by atoms with van der Waals surface area (Å²) in [6.45, 7) is 1.81. The zero-order chi connectivity index (χ0) is 16.4. The largest absolute Gasteiger partial charge is 0.353 e. The lowest BCUT2D eigenvalue weighted by atomic mass is 10.3. The highest BCUT2D eigenvalue weighted by Crippen LogP contribution is 2.27. The van der Waals surface area contributed by atoms with Crippen molar-refractivity contribution in [3.63, 3.8) is 0 Å². The van der Waals surface area contributed by atoms with Gasteiger partial charge in [0.2, 0.25) is 10.0 Å². The van der Waals surface area contributed by atoms with Crippen LogP contribution in [0.3, 0.4) is 0 Å². The van der Waals surface area contributed by atoms with Crippen molar-refractivity contribution in [3.8, 4) is 0 Å². The van der Waals surface area contributed by atoms with Crippen molar-refractivity contribution in [1.82, 2.24) is 14.3 Å². The van der Waals surface area contributed by atoms with E-state index in [4.69, 9.17) is 11.6 Å². The minimum Gasteiger partial charge on any atom is -0.353 e. The minimum atomic E-state index is -3.51. The second-order valence-corrected chi connectivity index (χ2v) is 8.18. The molecule has 0 spiro atoms. The molecule has 0 N–H and O–H groups in total. The molecule has 3 rings (SSSR count). The summed E-state index contributed by atoms with van der Waals surface area (Å²) in [6.07, 6.45) is 2.97. The van der Waals surface area contributed by atoms with Crippen molar-refractivity contribution in [2.45, 2.75) is 4.90 Å². The van der Waals surface area contributed by atoms with Gasteiger partial charge >= 0.3 is 0 Å². The Kier molecular flexibility index (Phi) is 4.86. The molecule has 6 nitrogen and oxygen atoms in total. The maximum Gasteiger partial charge on any atom is 0.244 e. The van der Waals surface area contributed by atoms with Gasteiger partial charge in [-0.2, -0.15) is 4.31 Å². The molecule has 1 aliphatic heterocycles. The van der Waals surface area contributed by atoms with Crippen LogP contribution < -0.4 is 4.90 Å². The standard InChI is InChI=1S/C14H14BrClN4O2S/c15-11-3-1-2-4-13(11)23(21,22)20-7-5-19(6-8-20)14-12(16)9-17-10-18-14/h1-4,9-10H,5-8H2. The molecule has 0 amide bonds. The Morgan fingerprint density at radius 2 is 1.83 bits per heavy atom. The summed E-state index contributed by atoms with van der Waals surface area (Å²) in [5.41, 5.74) is 0. The van der Waals surface area contributed by atoms with Gasteiger partial charge in [-0.3, -0.25) is 0 Å². The van der Waals surface area contributed by atoms with Crippen LogP contribution in [0.2, 0.25) is 5.02 Å². The van der Waals surface area contributed by atoms with Crippen LogP contribution in [0.5, 0.6) is 0 Å². The molecule has 0 aliphatic carbocycles. The first-order valence-electron chi connectivity index (χ1n) is 6.95. The van der Waals surface area contributed by atoms with Crippen LogP contribution in [0.15, 0.2) is 46.2 Å². The average Bonchev–Trinajstić information content (AvgIpc) is 2.56. The predicted octanol–water partition coefficient (Wildman–Crippen LogP) is 2.40. The molecule has 1 saturated heterocycles. The highest BCUT2D eigenvalue weighted by molar-refractivity contribution is 9.10. The van der Waals surface area contributed by atoms with E-state index in [1.807, 2.05) is 4.90 Å². The highest BCUT2D eigenvalue weighted by atomic mass is 79.9. The number of aromatic nitrogens is 2. The number of benzene rings is 1. The van der Waals surface area contributed by atoms with Gasteiger partial charge in [0, 0.05) is 30.7 Å². The van der Waals surface area contributed by atoms with Gasteiger partial charge in [0.25, 0.3) is 0 Å². The third-order valence-electron chi connectivity index (χ3n) is 3.64. The van der Waals surface area contributed by atoms with Gasteiger partial charge in [0.15, 0.2) is 5.82 Å². The van der Waals surface area contributed by atoms with Gasteiger partial charge in [0.05, 0.1) is 11.1 Å². The topological polar surface area (TPSA) is 66.4 Å². The van der Waals surface area contributed by atoms with Gasteiger partial charge in [0.1, 0.15) is 11.3 Å². The first kappa shape index (κ1) is 16.6. The fourth-order valence-electron chi connectivity index (χ4n) is 2.47. The van der Waals surface area contributed by atoms with Crippen molar-refractivity contribution in [2.24, 2.45) is 0 Å². The fourth-order valence-corrected chi connectivity index (χ4v) is 5.08. The quantitative estimate of drug-likeness (QED) is 0.767. The van der Waals surface area contributed by atoms with Gasteiger partial charge in [-0.25, -0.2) is 18.4 Å². The van der Waals surface area contributed by atoms with E-state index in [0.29, 0.717) is 41.5 Å². The monoisotopic (exact) mass is 416 g/mol. The molecule has 0 radical (unpaired) electrons. The first-order chi connectivity index (χ1) is 11.0. The van der Waals surface area contributed by atoms with Gasteiger partial charge in [-0.1, -0.05) is 23.7 Å². The van der Waals surface area contributed by atoms with Crippen LogP contribution in [-0.2, 0) is 10.0 Å². The minimum absolute atomic E-state index is 0.286. The van der Waals surface area contributed by atoms with E-state index < -0.39 is 10.0 Å². The predicted molar refractivity (Wildman–Crippen MR) is 92.2 cm³/mol. The Balaban J connectivity index is 1.77. The number of rotatable bonds is 3. The summed E-state index contributed by atoms with van der Waals surface area (Å²) in [7, 11) is -3.51. The normalized spacial score (nSPS) is 16.5. The number of anilines is 1. The molecule has 1 fully saturated rings. The number of nitrogens with zero attached hydrogens (tertiary/aromatic N) is 4. The summed E-state index contributed by atoms with van der Waals surface area (Å²) in [6, 6.07) is 6.84. The molecular formula is C14H14BrClN4O2S. The molecule has 0 saturated carbocycles. The SMILES string of the molecule is O=S(=O)(c1ccccc1Br)N1CCN(c2ncncc2Cl)CC1. The van der Waals surface area contributed by atoms with Gasteiger partial charge < -0.3 is 4.90 Å². The van der Waals surface area contributed by atoms with E-state index in [-0.39, 0.29) is 4.90 Å². The van der Waals surface area contributed by atoms with Gasteiger partial charge in [-0.05, 0) is 28.1 Å². The average molecular weight is 418 g/mol. The molecule has 2 aromatic rings. The third kappa shape index (κ3) is 3.35. The Labute approximate surface area is 148 Å². The van der Waals surface area contributed by atoms with Crippen LogP contribution in [-0.4, -0.2) is 48.9 Å². The summed E-state index contributed by atoms with van der Waals surface area (Å²) in [4.78, 5) is 10.3. The van der Waals surface area contributed by atoms with E-state index in [2.05, 4.69) is 25.9 Å². The lowest BCUT2D eigenvalue weighted by molar-refractivity contribution is 0.383. The van der Waals surface area contributed by atoms with Crippen molar-refractivity contribution in [2.75, 3.05) is 31.1 Å². The van der Waals surface area contributed by atoms with Crippen molar-refractivity contribution >= 4 is 43.4 Å². The molecule has 0 atom stereocenters. The third-order valence-corrected chi connectivity index (χ3v) is 6.82. The summed E-state index contributed by atoms with van der Waals surface area (Å²) >= 11 is 9.40. The molecule has 0 unspecified atom stereocenters. The molecule has 122 valence electrons. The summed E-state index contributed by atoms with van der Waals surface area (Å²) in [5, 5.41) is 0.467. The van der Waals surface area contributed by atoms with E-state index in [9.17, 15) is 8.42 Å². The summed E-state index contributed by atoms with van der Waals surface area (Å²) in [5.74, 6) is 0.639. The van der Waals surface area contributed by atoms with Crippen LogP contribution in [0.1, 0.15) is 0 Å². The van der Waals surface area contributed by atoms with Crippen molar-refractivity contribution in [1.29, 1.82) is 0 Å². The number of piperazine rings is 1. The van der Waals surface area contributed by atoms with Crippen molar-refractivity contribution < 1.29 is 8.42 Å². The number of sulfonamides is 1. The van der Waals surface area contributed by atoms with Crippen molar-refractivity contribution in [3.05, 3.63) is 46.3 Å². The second-order valence-electron chi connectivity index (χ2n) is 5.02. The Morgan fingerprint density at radius 1 is 1.13 bits per heavy atom. The van der Waals surface area contributed by atoms with E-state index in [1.165, 1.54) is 16.8 Å². The highest BCUT2D eigenvalue weighted by Gasteiger charge is 2.30. The van der Waals surface area contributed by atoms with Crippen LogP contribution >= 0.6 is 27.5 Å². The first-order valence-corrected chi connectivity index (χ1v) is 9.56. The van der Waals surface area contributed by atoms with Gasteiger partial charge in [-0.15, -0.1) is 0 Å². The zero-order valence-electron chi connectivity index (χ0n) is 12.1. The number of halogens is 2. The fraction of sp³-hybridized carbons (Fsp3) is 0.286. The molecule has 9 heteroatoms. The molecular weight excluding hydrogens is 404 g/mol. The Hall–Kier alpha value is -1.22. The van der Waals surface area contributed by atoms with E-state index >= 15 is 0 Å². The van der Waals surface area contributed by atoms with E-state index in [0.717, 1.165) is 0 Å². The summed E-state index contributed by atoms with van der Waals surface area (Å²) < 4.78 is 27.5. The molecule has 2 heterocycles. The number of hydrogen-bond acceptors (Lipinski definition) is 5. The zero-order valence-corrected chi connectivity index (χ0v) is 15.2. The maximum absolute atomic E-state index is 12.7. The lowest BCUT2D eigenvalue weighted by Crippen LogP contribution is -2.49. The molecule has 0 bridgehead atoms.